The van der Waals surface area contributed by atoms with Crippen LogP contribution in [0.25, 0.3) is 0 Å². The molecule has 0 radical (unpaired) electrons. The fourth-order valence-electron chi connectivity index (χ4n) is 2.12. The van der Waals surface area contributed by atoms with Crippen molar-refractivity contribution >= 4 is 0 Å². The molecule has 0 rings (SSSR count). The Labute approximate surface area is 141 Å². The second kappa shape index (κ2) is 14.1. The van der Waals surface area contributed by atoms with Crippen molar-refractivity contribution in [3.63, 3.8) is 0 Å². The SMILES string of the molecule is CCCCC(C)OCC(O)C(C)(CC)NNCCCOCCO. The summed E-state index contributed by atoms with van der Waals surface area (Å²) >= 11 is 0. The van der Waals surface area contributed by atoms with E-state index in [0.29, 0.717) is 19.8 Å². The van der Waals surface area contributed by atoms with E-state index in [1.807, 2.05) is 13.8 Å². The molecule has 4 N–H and O–H groups in total. The predicted octanol–water partition coefficient (Wildman–Crippen LogP) is 1.60. The van der Waals surface area contributed by atoms with Gasteiger partial charge in [-0.2, -0.15) is 0 Å². The topological polar surface area (TPSA) is 83.0 Å². The van der Waals surface area contributed by atoms with Crippen molar-refractivity contribution in [3.8, 4) is 0 Å². The van der Waals surface area contributed by atoms with Crippen LogP contribution in [0.1, 0.15) is 59.8 Å². The number of hydrogen-bond donors (Lipinski definition) is 4. The Kier molecular flexibility index (Phi) is 14.0. The van der Waals surface area contributed by atoms with E-state index in [1.165, 1.54) is 0 Å². The second-order valence-corrected chi connectivity index (χ2v) is 6.31. The minimum absolute atomic E-state index is 0.0580. The van der Waals surface area contributed by atoms with Crippen molar-refractivity contribution in [1.29, 1.82) is 0 Å². The number of nitrogens with one attached hydrogen (secondary N) is 2. The monoisotopic (exact) mass is 334 g/mol. The van der Waals surface area contributed by atoms with Gasteiger partial charge in [-0.25, -0.2) is 5.43 Å². The zero-order valence-electron chi connectivity index (χ0n) is 15.4. The molecule has 140 valence electrons. The first kappa shape index (κ1) is 22.8. The number of rotatable bonds is 16. The Morgan fingerprint density at radius 2 is 1.91 bits per heavy atom. The van der Waals surface area contributed by atoms with Crippen LogP contribution in [0.2, 0.25) is 0 Å². The Morgan fingerprint density at radius 3 is 2.52 bits per heavy atom. The maximum absolute atomic E-state index is 10.4. The van der Waals surface area contributed by atoms with Crippen molar-refractivity contribution in [2.45, 2.75) is 77.5 Å². The zero-order chi connectivity index (χ0) is 17.6. The van der Waals surface area contributed by atoms with Gasteiger partial charge in [0.25, 0.3) is 0 Å². The summed E-state index contributed by atoms with van der Waals surface area (Å²) < 4.78 is 11.0. The van der Waals surface area contributed by atoms with Crippen molar-refractivity contribution in [3.05, 3.63) is 0 Å². The maximum Gasteiger partial charge on any atom is 0.0965 e. The average Bonchev–Trinajstić information content (AvgIpc) is 2.56. The molecule has 0 aromatic heterocycles. The van der Waals surface area contributed by atoms with Gasteiger partial charge in [0.1, 0.15) is 0 Å². The summed E-state index contributed by atoms with van der Waals surface area (Å²) in [6.07, 6.45) is 4.59. The Hall–Kier alpha value is -0.240. The highest BCUT2D eigenvalue weighted by Gasteiger charge is 2.31. The lowest BCUT2D eigenvalue weighted by Crippen LogP contribution is -2.58. The number of aliphatic hydroxyl groups is 2. The normalized spacial score (nSPS) is 17.0. The van der Waals surface area contributed by atoms with Crippen LogP contribution in [0, 0.1) is 0 Å². The lowest BCUT2D eigenvalue weighted by molar-refractivity contribution is -0.0457. The van der Waals surface area contributed by atoms with Gasteiger partial charge in [-0.15, -0.1) is 0 Å². The van der Waals surface area contributed by atoms with Crippen LogP contribution in [0.4, 0.5) is 0 Å². The molecule has 0 spiro atoms. The first-order valence-corrected chi connectivity index (χ1v) is 8.98. The number of hydrogen-bond acceptors (Lipinski definition) is 6. The molecule has 0 saturated carbocycles. The van der Waals surface area contributed by atoms with Crippen LogP contribution in [-0.2, 0) is 9.47 Å². The molecular weight excluding hydrogens is 296 g/mol. The number of hydrazine groups is 1. The van der Waals surface area contributed by atoms with Gasteiger partial charge in [0.15, 0.2) is 0 Å². The van der Waals surface area contributed by atoms with Crippen LogP contribution in [-0.4, -0.2) is 60.9 Å². The van der Waals surface area contributed by atoms with Crippen LogP contribution in [0.15, 0.2) is 0 Å². The van der Waals surface area contributed by atoms with Gasteiger partial charge >= 0.3 is 0 Å². The largest absolute Gasteiger partial charge is 0.394 e. The van der Waals surface area contributed by atoms with E-state index in [2.05, 4.69) is 24.7 Å². The smallest absolute Gasteiger partial charge is 0.0965 e. The van der Waals surface area contributed by atoms with Crippen molar-refractivity contribution < 1.29 is 19.7 Å². The molecular formula is C17H38N2O4. The third-order valence-corrected chi connectivity index (χ3v) is 4.17. The lowest BCUT2D eigenvalue weighted by atomic mass is 9.93. The van der Waals surface area contributed by atoms with Gasteiger partial charge in [-0.1, -0.05) is 26.7 Å². The molecule has 3 atom stereocenters. The van der Waals surface area contributed by atoms with Crippen LogP contribution in [0.5, 0.6) is 0 Å². The summed E-state index contributed by atoms with van der Waals surface area (Å²) in [4.78, 5) is 0. The second-order valence-electron chi connectivity index (χ2n) is 6.31. The van der Waals surface area contributed by atoms with Crippen LogP contribution in [0.3, 0.4) is 0 Å². The molecule has 0 aromatic rings. The molecule has 0 saturated heterocycles. The fourth-order valence-corrected chi connectivity index (χ4v) is 2.12. The molecule has 6 nitrogen and oxygen atoms in total. The third kappa shape index (κ3) is 11.0. The highest BCUT2D eigenvalue weighted by Crippen LogP contribution is 2.16. The summed E-state index contributed by atoms with van der Waals surface area (Å²) in [6, 6.07) is 0. The summed E-state index contributed by atoms with van der Waals surface area (Å²) in [5.74, 6) is 0. The molecule has 0 aliphatic carbocycles. The van der Waals surface area contributed by atoms with Gasteiger partial charge in [0.2, 0.25) is 0 Å². The summed E-state index contributed by atoms with van der Waals surface area (Å²) in [5.41, 5.74) is 5.93. The first-order chi connectivity index (χ1) is 11.0. The zero-order valence-corrected chi connectivity index (χ0v) is 15.4. The van der Waals surface area contributed by atoms with E-state index in [1.54, 1.807) is 0 Å². The molecule has 0 fully saturated rings. The predicted molar refractivity (Wildman–Crippen MR) is 93.3 cm³/mol. The first-order valence-electron chi connectivity index (χ1n) is 8.98. The molecule has 0 aliphatic rings. The average molecular weight is 335 g/mol. The minimum Gasteiger partial charge on any atom is -0.394 e. The van der Waals surface area contributed by atoms with Gasteiger partial charge in [-0.3, -0.25) is 5.43 Å². The molecule has 0 amide bonds. The van der Waals surface area contributed by atoms with E-state index in [9.17, 15) is 5.11 Å². The maximum atomic E-state index is 10.4. The molecule has 23 heavy (non-hydrogen) atoms. The van der Waals surface area contributed by atoms with E-state index < -0.39 is 11.6 Å². The van der Waals surface area contributed by atoms with Crippen molar-refractivity contribution in [2.24, 2.45) is 0 Å². The summed E-state index contributed by atoms with van der Waals surface area (Å²) in [6.45, 7) is 10.4. The van der Waals surface area contributed by atoms with E-state index in [0.717, 1.165) is 38.6 Å². The Balaban J connectivity index is 3.96. The Morgan fingerprint density at radius 1 is 1.17 bits per heavy atom. The standard InChI is InChI=1S/C17H38N2O4/c1-5-7-9-15(3)23-14-16(21)17(4,6-2)19-18-10-8-12-22-13-11-20/h15-16,18-21H,5-14H2,1-4H3. The number of unbranched alkanes of at least 4 members (excludes halogenated alkanes) is 1. The third-order valence-electron chi connectivity index (χ3n) is 4.17. The van der Waals surface area contributed by atoms with E-state index >= 15 is 0 Å². The molecule has 0 aliphatic heterocycles. The quantitative estimate of drug-likeness (QED) is 0.254. The Bertz CT molecular complexity index is 269. The number of ether oxygens (including phenoxy) is 2. The molecule has 6 heteroatoms. The molecule has 0 bridgehead atoms. The van der Waals surface area contributed by atoms with E-state index in [4.69, 9.17) is 14.6 Å². The van der Waals surface area contributed by atoms with Gasteiger partial charge in [-0.05, 0) is 33.1 Å². The highest BCUT2D eigenvalue weighted by molar-refractivity contribution is 4.88. The molecule has 0 aromatic carbocycles. The van der Waals surface area contributed by atoms with Crippen molar-refractivity contribution in [1.82, 2.24) is 10.9 Å². The molecule has 0 heterocycles. The van der Waals surface area contributed by atoms with Gasteiger partial charge in [0, 0.05) is 13.2 Å². The van der Waals surface area contributed by atoms with Crippen LogP contribution >= 0.6 is 0 Å². The summed E-state index contributed by atoms with van der Waals surface area (Å²) in [7, 11) is 0. The van der Waals surface area contributed by atoms with Crippen molar-refractivity contribution in [2.75, 3.05) is 33.0 Å². The lowest BCUT2D eigenvalue weighted by Gasteiger charge is -2.35. The van der Waals surface area contributed by atoms with Crippen LogP contribution < -0.4 is 10.9 Å². The number of aliphatic hydroxyl groups excluding tert-OH is 2. The minimum atomic E-state index is -0.574. The van der Waals surface area contributed by atoms with E-state index in [-0.39, 0.29) is 12.7 Å². The fraction of sp³-hybridized carbons (Fsp3) is 1.00. The molecule has 3 unspecified atom stereocenters. The summed E-state index contributed by atoms with van der Waals surface area (Å²) in [5, 5.41) is 19.0. The van der Waals surface area contributed by atoms with Gasteiger partial charge < -0.3 is 19.7 Å². The highest BCUT2D eigenvalue weighted by atomic mass is 16.5. The van der Waals surface area contributed by atoms with Gasteiger partial charge in [0.05, 0.1) is 37.6 Å².